The summed E-state index contributed by atoms with van der Waals surface area (Å²) in [7, 11) is 0. The standard InChI is InChI=1S/C83H67N3/c1-52-17-13-18-53(2)81(52)84(70-37-33-58-29-31-62(58)44-70)68-27-15-25-60(42-68)64-36-40-79-75(48-64)76-50-74-73-39-35-65(61-26-16-28-69(43-61)85(82-54(3)19-14-20-55(82)4)71-38-34-59-30-32-63(59)45-71)49-77(73)83(5,6)78(74)51-80(76)86(79)72-46-66(56-21-9-7-10-22-56)41-67(47-72)57-23-11-8-12-24-57/h7-28,33-51H,29-32H2,1-6H3. The molecule has 0 bridgehead atoms. The van der Waals surface area contributed by atoms with E-state index in [2.05, 4.69) is 305 Å². The fraction of sp³-hybridized carbons (Fsp3) is 0.133. The summed E-state index contributed by atoms with van der Waals surface area (Å²) in [6, 6.07) is 94.3. The second-order valence-electron chi connectivity index (χ2n) is 25.0. The average Bonchev–Trinajstić information content (AvgIpc) is 1.62. The van der Waals surface area contributed by atoms with Crippen LogP contribution in [0.5, 0.6) is 0 Å². The van der Waals surface area contributed by atoms with Crippen LogP contribution in [0.2, 0.25) is 0 Å². The molecule has 16 rings (SSSR count). The summed E-state index contributed by atoms with van der Waals surface area (Å²) < 4.78 is 2.55. The summed E-state index contributed by atoms with van der Waals surface area (Å²) in [4.78, 5) is 4.97. The van der Waals surface area contributed by atoms with Gasteiger partial charge in [0.25, 0.3) is 0 Å². The van der Waals surface area contributed by atoms with Gasteiger partial charge in [-0.15, -0.1) is 0 Å². The van der Waals surface area contributed by atoms with Crippen LogP contribution in [-0.2, 0) is 31.1 Å². The second kappa shape index (κ2) is 20.1. The topological polar surface area (TPSA) is 11.4 Å². The number of aryl methyl sites for hydroxylation is 8. The lowest BCUT2D eigenvalue weighted by Crippen LogP contribution is -2.16. The van der Waals surface area contributed by atoms with Crippen molar-refractivity contribution in [2.24, 2.45) is 0 Å². The van der Waals surface area contributed by atoms with E-state index >= 15 is 0 Å². The number of fused-ring (bicyclic) bond motifs is 8. The minimum absolute atomic E-state index is 0.294. The molecule has 0 saturated carbocycles. The first-order chi connectivity index (χ1) is 42.0. The second-order valence-corrected chi connectivity index (χ2v) is 25.0. The molecular weight excluding hydrogens is 1040 g/mol. The van der Waals surface area contributed by atoms with Crippen LogP contribution in [0, 0.1) is 27.7 Å². The highest BCUT2D eigenvalue weighted by Gasteiger charge is 2.37. The fourth-order valence-electron chi connectivity index (χ4n) is 14.6. The van der Waals surface area contributed by atoms with Gasteiger partial charge in [0.15, 0.2) is 0 Å². The number of aromatic nitrogens is 1. The minimum Gasteiger partial charge on any atom is -0.310 e. The Morgan fingerprint density at radius 2 is 0.744 bits per heavy atom. The summed E-state index contributed by atoms with van der Waals surface area (Å²) in [5.74, 6) is 0. The van der Waals surface area contributed by atoms with Crippen molar-refractivity contribution in [1.29, 1.82) is 0 Å². The van der Waals surface area contributed by atoms with E-state index in [0.29, 0.717) is 0 Å². The molecule has 1 heterocycles. The lowest BCUT2D eigenvalue weighted by molar-refractivity contribution is 0.661. The molecule has 0 radical (unpaired) electrons. The van der Waals surface area contributed by atoms with Crippen molar-refractivity contribution in [3.8, 4) is 61.3 Å². The highest BCUT2D eigenvalue weighted by Crippen LogP contribution is 2.53. The molecule has 0 fully saturated rings. The largest absolute Gasteiger partial charge is 0.310 e. The van der Waals surface area contributed by atoms with Crippen LogP contribution in [0.3, 0.4) is 0 Å². The van der Waals surface area contributed by atoms with Crippen molar-refractivity contribution < 1.29 is 0 Å². The summed E-state index contributed by atoms with van der Waals surface area (Å²) in [5, 5.41) is 2.47. The van der Waals surface area contributed by atoms with E-state index in [1.807, 2.05) is 0 Å². The Morgan fingerprint density at radius 3 is 1.26 bits per heavy atom. The van der Waals surface area contributed by atoms with Gasteiger partial charge in [-0.25, -0.2) is 0 Å². The van der Waals surface area contributed by atoms with Gasteiger partial charge in [-0.2, -0.15) is 0 Å². The molecule has 12 aromatic carbocycles. The lowest BCUT2D eigenvalue weighted by Gasteiger charge is -2.31. The normalized spacial score (nSPS) is 13.4. The maximum Gasteiger partial charge on any atom is 0.0544 e. The Kier molecular flexibility index (Phi) is 12.1. The van der Waals surface area contributed by atoms with Gasteiger partial charge in [-0.3, -0.25) is 0 Å². The molecule has 86 heavy (non-hydrogen) atoms. The third-order valence-corrected chi connectivity index (χ3v) is 19.4. The molecule has 3 heteroatoms. The summed E-state index contributed by atoms with van der Waals surface area (Å²) in [6.45, 7) is 13.8. The first kappa shape index (κ1) is 51.7. The lowest BCUT2D eigenvalue weighted by atomic mass is 9.81. The Morgan fingerprint density at radius 1 is 0.302 bits per heavy atom. The van der Waals surface area contributed by atoms with E-state index in [4.69, 9.17) is 0 Å². The van der Waals surface area contributed by atoms with E-state index in [1.165, 1.54) is 162 Å². The van der Waals surface area contributed by atoms with Gasteiger partial charge < -0.3 is 14.4 Å². The molecule has 0 spiro atoms. The van der Waals surface area contributed by atoms with Crippen LogP contribution in [0.4, 0.5) is 34.1 Å². The number of rotatable bonds is 11. The molecule has 3 aliphatic rings. The van der Waals surface area contributed by atoms with E-state index in [9.17, 15) is 0 Å². The first-order valence-electron chi connectivity index (χ1n) is 30.7. The number of para-hydroxylation sites is 2. The van der Waals surface area contributed by atoms with Crippen molar-refractivity contribution in [2.45, 2.75) is 72.6 Å². The zero-order valence-corrected chi connectivity index (χ0v) is 49.8. The fourth-order valence-corrected chi connectivity index (χ4v) is 14.6. The van der Waals surface area contributed by atoms with Crippen LogP contribution in [0.1, 0.15) is 69.5 Å². The van der Waals surface area contributed by atoms with Gasteiger partial charge in [0.2, 0.25) is 0 Å². The predicted octanol–water partition coefficient (Wildman–Crippen LogP) is 22.1. The van der Waals surface area contributed by atoms with Gasteiger partial charge >= 0.3 is 0 Å². The molecule has 414 valence electrons. The van der Waals surface area contributed by atoms with Gasteiger partial charge in [0.05, 0.1) is 22.4 Å². The Balaban J connectivity index is 0.866. The molecule has 13 aromatic rings. The maximum absolute atomic E-state index is 2.55. The first-order valence-corrected chi connectivity index (χ1v) is 30.7. The maximum atomic E-state index is 2.55. The van der Waals surface area contributed by atoms with Crippen LogP contribution in [-0.4, -0.2) is 4.57 Å². The molecule has 3 aliphatic carbocycles. The third-order valence-electron chi connectivity index (χ3n) is 19.4. The van der Waals surface area contributed by atoms with E-state index in [1.54, 1.807) is 0 Å². The van der Waals surface area contributed by atoms with Gasteiger partial charge in [0, 0.05) is 44.6 Å². The average molecular weight is 1110 g/mol. The highest BCUT2D eigenvalue weighted by atomic mass is 15.2. The van der Waals surface area contributed by atoms with Gasteiger partial charge in [-0.1, -0.05) is 166 Å². The smallest absolute Gasteiger partial charge is 0.0544 e. The Bertz CT molecular complexity index is 4800. The molecule has 0 saturated heterocycles. The van der Waals surface area contributed by atoms with Gasteiger partial charge in [-0.05, 0) is 262 Å². The molecule has 0 atom stereocenters. The third kappa shape index (κ3) is 8.46. The summed E-state index contributed by atoms with van der Waals surface area (Å²) in [6.07, 6.45) is 4.60. The van der Waals surface area contributed by atoms with Crippen molar-refractivity contribution in [1.82, 2.24) is 4.57 Å². The molecule has 3 nitrogen and oxygen atoms in total. The van der Waals surface area contributed by atoms with Crippen molar-refractivity contribution in [3.05, 3.63) is 304 Å². The molecular formula is C83H67N3. The Labute approximate surface area is 505 Å². The minimum atomic E-state index is -0.294. The number of nitrogens with zero attached hydrogens (tertiary/aromatic N) is 3. The zero-order chi connectivity index (χ0) is 57.9. The number of hydrogen-bond acceptors (Lipinski definition) is 2. The van der Waals surface area contributed by atoms with Gasteiger partial charge in [0.1, 0.15) is 0 Å². The predicted molar refractivity (Wildman–Crippen MR) is 363 cm³/mol. The van der Waals surface area contributed by atoms with Crippen LogP contribution in [0.25, 0.3) is 83.1 Å². The highest BCUT2D eigenvalue weighted by molar-refractivity contribution is 6.13. The Hall–Kier alpha value is -9.96. The van der Waals surface area contributed by atoms with Crippen molar-refractivity contribution in [2.75, 3.05) is 9.80 Å². The summed E-state index contributed by atoms with van der Waals surface area (Å²) in [5.41, 5.74) is 36.2. The van der Waals surface area contributed by atoms with Crippen molar-refractivity contribution >= 4 is 55.9 Å². The quantitative estimate of drug-likeness (QED) is 0.128. The number of anilines is 6. The number of hydrogen-bond donors (Lipinski definition) is 0. The SMILES string of the molecule is Cc1cccc(C)c1N(c1cccc(-c2ccc3c(c2)C(C)(C)c2cc4c(cc2-3)c2cc(-c3cccc(N(c5ccc6c(c5)CC6)c5c(C)cccc5C)c3)ccc2n4-c2cc(-c3ccccc3)cc(-c3ccccc3)c2)c1)c1ccc2c(c1)CC2. The van der Waals surface area contributed by atoms with Crippen LogP contribution in [0.15, 0.2) is 249 Å². The molecule has 0 aliphatic heterocycles. The zero-order valence-electron chi connectivity index (χ0n) is 49.8. The van der Waals surface area contributed by atoms with Crippen LogP contribution < -0.4 is 9.80 Å². The summed E-state index contributed by atoms with van der Waals surface area (Å²) >= 11 is 0. The number of benzene rings is 12. The van der Waals surface area contributed by atoms with Crippen molar-refractivity contribution in [3.63, 3.8) is 0 Å². The van der Waals surface area contributed by atoms with Crippen LogP contribution >= 0.6 is 0 Å². The van der Waals surface area contributed by atoms with E-state index in [-0.39, 0.29) is 5.41 Å². The monoisotopic (exact) mass is 1110 g/mol. The molecule has 0 N–H and O–H groups in total. The van der Waals surface area contributed by atoms with E-state index < -0.39 is 0 Å². The molecule has 0 unspecified atom stereocenters. The van der Waals surface area contributed by atoms with E-state index in [0.717, 1.165) is 36.3 Å². The molecule has 1 aromatic heterocycles. The molecule has 0 amide bonds.